The Labute approximate surface area is 167 Å². The molecule has 2 aromatic rings. The highest BCUT2D eigenvalue weighted by molar-refractivity contribution is 5.91. The third-order valence-corrected chi connectivity index (χ3v) is 4.91. The monoisotopic (exact) mass is 395 g/mol. The number of amides is 3. The third kappa shape index (κ3) is 4.31. The van der Waals surface area contributed by atoms with Crippen LogP contribution in [0.25, 0.3) is 0 Å². The zero-order chi connectivity index (χ0) is 20.2. The molecule has 0 saturated carbocycles. The highest BCUT2D eigenvalue weighted by Gasteiger charge is 2.35. The highest BCUT2D eigenvalue weighted by atomic mass is 16.6. The third-order valence-electron chi connectivity index (χ3n) is 4.91. The molecule has 29 heavy (non-hydrogen) atoms. The van der Waals surface area contributed by atoms with Crippen molar-refractivity contribution in [1.29, 1.82) is 0 Å². The van der Waals surface area contributed by atoms with E-state index in [0.29, 0.717) is 24.6 Å². The Morgan fingerprint density at radius 2 is 1.66 bits per heavy atom. The number of hydrogen-bond donors (Lipinski definition) is 2. The van der Waals surface area contributed by atoms with Gasteiger partial charge in [-0.2, -0.15) is 0 Å². The van der Waals surface area contributed by atoms with E-state index in [9.17, 15) is 14.4 Å². The van der Waals surface area contributed by atoms with Gasteiger partial charge in [0.25, 0.3) is 5.91 Å². The first-order valence-corrected chi connectivity index (χ1v) is 9.40. The lowest BCUT2D eigenvalue weighted by molar-refractivity contribution is -0.136. The van der Waals surface area contributed by atoms with Gasteiger partial charge in [-0.3, -0.25) is 25.2 Å². The summed E-state index contributed by atoms with van der Waals surface area (Å²) in [5.74, 6) is -0.471. The molecule has 1 fully saturated rings. The molecule has 2 heterocycles. The number of carbonyl (C=O) groups is 3. The number of rotatable bonds is 4. The van der Waals surface area contributed by atoms with Crippen molar-refractivity contribution in [1.82, 2.24) is 15.8 Å². The van der Waals surface area contributed by atoms with Gasteiger partial charge in [-0.25, -0.2) is 0 Å². The molecule has 0 unspecified atom stereocenters. The molecule has 3 amide bonds. The molecule has 0 aliphatic carbocycles. The molecule has 0 bridgehead atoms. The minimum atomic E-state index is -0.870. The lowest BCUT2D eigenvalue weighted by Gasteiger charge is -2.25. The Morgan fingerprint density at radius 3 is 2.45 bits per heavy atom. The maximum absolute atomic E-state index is 12.4. The van der Waals surface area contributed by atoms with E-state index in [2.05, 4.69) is 10.9 Å². The molecule has 2 N–H and O–H groups in total. The Hall–Kier alpha value is -3.55. The fraction of sp³-hybridized carbons (Fsp3) is 0.286. The van der Waals surface area contributed by atoms with Gasteiger partial charge in [-0.1, -0.05) is 42.5 Å². The van der Waals surface area contributed by atoms with E-state index in [0.717, 1.165) is 5.56 Å². The van der Waals surface area contributed by atoms with E-state index in [-0.39, 0.29) is 18.9 Å². The molecule has 2 aromatic carbocycles. The van der Waals surface area contributed by atoms with Crippen molar-refractivity contribution < 1.29 is 23.9 Å². The first-order chi connectivity index (χ1) is 14.1. The van der Waals surface area contributed by atoms with Crippen LogP contribution in [-0.4, -0.2) is 41.9 Å². The van der Waals surface area contributed by atoms with Crippen LogP contribution in [0.3, 0.4) is 0 Å². The van der Waals surface area contributed by atoms with Crippen LogP contribution in [0.15, 0.2) is 54.6 Å². The Balaban J connectivity index is 1.27. The number of likely N-dealkylation sites (tertiary alicyclic amines) is 1. The number of hydrogen-bond acceptors (Lipinski definition) is 5. The van der Waals surface area contributed by atoms with E-state index in [4.69, 9.17) is 9.47 Å². The van der Waals surface area contributed by atoms with Crippen molar-refractivity contribution in [2.24, 2.45) is 5.92 Å². The van der Waals surface area contributed by atoms with E-state index in [1.807, 2.05) is 36.4 Å². The first-order valence-electron chi connectivity index (χ1n) is 9.40. The maximum Gasteiger partial charge on any atom is 0.283 e. The standard InChI is InChI=1S/C21H21N3O5/c25-19-10-15(12-24(19)11-14-6-2-1-3-7-14)20(26)22-23-21(27)18-13-28-16-8-4-5-9-17(16)29-18/h1-9,15,18H,10-13H2,(H,22,26)(H,23,27)/t15-,18-/m1/s1. The molecule has 8 heteroatoms. The summed E-state index contributed by atoms with van der Waals surface area (Å²) in [4.78, 5) is 38.6. The second-order valence-electron chi connectivity index (χ2n) is 7.00. The quantitative estimate of drug-likeness (QED) is 0.754. The average Bonchev–Trinajstić information content (AvgIpc) is 3.12. The van der Waals surface area contributed by atoms with Gasteiger partial charge < -0.3 is 14.4 Å². The van der Waals surface area contributed by atoms with Crippen LogP contribution in [0.4, 0.5) is 0 Å². The number of ether oxygens (including phenoxy) is 2. The number of carbonyl (C=O) groups excluding carboxylic acids is 3. The molecule has 2 aliphatic rings. The summed E-state index contributed by atoms with van der Waals surface area (Å²) >= 11 is 0. The molecule has 0 spiro atoms. The lowest BCUT2D eigenvalue weighted by Crippen LogP contribution is -2.52. The Kier molecular flexibility index (Phi) is 5.33. The van der Waals surface area contributed by atoms with Crippen LogP contribution in [0.5, 0.6) is 11.5 Å². The van der Waals surface area contributed by atoms with E-state index >= 15 is 0 Å². The van der Waals surface area contributed by atoms with Gasteiger partial charge >= 0.3 is 0 Å². The van der Waals surface area contributed by atoms with Crippen molar-refractivity contribution >= 4 is 17.7 Å². The molecular formula is C21H21N3O5. The zero-order valence-corrected chi connectivity index (χ0v) is 15.7. The molecule has 2 aliphatic heterocycles. The molecule has 4 rings (SSSR count). The maximum atomic E-state index is 12.4. The Morgan fingerprint density at radius 1 is 0.966 bits per heavy atom. The molecule has 2 atom stereocenters. The van der Waals surface area contributed by atoms with Crippen LogP contribution >= 0.6 is 0 Å². The van der Waals surface area contributed by atoms with Gasteiger partial charge in [0.15, 0.2) is 11.5 Å². The van der Waals surface area contributed by atoms with Crippen molar-refractivity contribution in [3.8, 4) is 11.5 Å². The van der Waals surface area contributed by atoms with Crippen LogP contribution < -0.4 is 20.3 Å². The topological polar surface area (TPSA) is 97.0 Å². The van der Waals surface area contributed by atoms with Crippen molar-refractivity contribution in [3.05, 3.63) is 60.2 Å². The van der Waals surface area contributed by atoms with Crippen LogP contribution in [0, 0.1) is 5.92 Å². The fourth-order valence-corrected chi connectivity index (χ4v) is 3.36. The molecular weight excluding hydrogens is 374 g/mol. The van der Waals surface area contributed by atoms with E-state index in [1.54, 1.807) is 23.1 Å². The SMILES string of the molecule is O=C(NNC(=O)[C@H]1COc2ccccc2O1)[C@@H]1CC(=O)N(Cc2ccccc2)C1. The smallest absolute Gasteiger partial charge is 0.283 e. The summed E-state index contributed by atoms with van der Waals surface area (Å²) < 4.78 is 11.1. The summed E-state index contributed by atoms with van der Waals surface area (Å²) in [6.45, 7) is 0.819. The van der Waals surface area contributed by atoms with Crippen LogP contribution in [0.2, 0.25) is 0 Å². The summed E-state index contributed by atoms with van der Waals surface area (Å²) in [6.07, 6.45) is -0.754. The molecule has 150 valence electrons. The second-order valence-corrected chi connectivity index (χ2v) is 7.00. The van der Waals surface area contributed by atoms with Crippen molar-refractivity contribution in [2.75, 3.05) is 13.2 Å². The van der Waals surface area contributed by atoms with Crippen LogP contribution in [-0.2, 0) is 20.9 Å². The summed E-state index contributed by atoms with van der Waals surface area (Å²) in [5.41, 5.74) is 5.77. The zero-order valence-electron chi connectivity index (χ0n) is 15.7. The lowest BCUT2D eigenvalue weighted by atomic mass is 10.1. The fourth-order valence-electron chi connectivity index (χ4n) is 3.36. The van der Waals surface area contributed by atoms with E-state index in [1.165, 1.54) is 0 Å². The normalized spacial score (nSPS) is 20.3. The largest absolute Gasteiger partial charge is 0.485 e. The highest BCUT2D eigenvalue weighted by Crippen LogP contribution is 2.30. The molecule has 0 aromatic heterocycles. The van der Waals surface area contributed by atoms with Gasteiger partial charge in [0.05, 0.1) is 5.92 Å². The number of para-hydroxylation sites is 2. The molecule has 1 saturated heterocycles. The number of nitrogens with one attached hydrogen (secondary N) is 2. The van der Waals surface area contributed by atoms with Gasteiger partial charge in [0.2, 0.25) is 17.9 Å². The predicted octanol–water partition coefficient (Wildman–Crippen LogP) is 1.02. The Bertz CT molecular complexity index is 918. The molecule has 0 radical (unpaired) electrons. The van der Waals surface area contributed by atoms with Crippen molar-refractivity contribution in [3.63, 3.8) is 0 Å². The number of benzene rings is 2. The minimum absolute atomic E-state index is 0.0471. The summed E-state index contributed by atoms with van der Waals surface area (Å²) in [6, 6.07) is 16.7. The van der Waals surface area contributed by atoms with Crippen molar-refractivity contribution in [2.45, 2.75) is 19.1 Å². The van der Waals surface area contributed by atoms with Gasteiger partial charge in [-0.05, 0) is 17.7 Å². The second kappa shape index (κ2) is 8.22. The number of fused-ring (bicyclic) bond motifs is 1. The number of nitrogens with zero attached hydrogens (tertiary/aromatic N) is 1. The summed E-state index contributed by atoms with van der Waals surface area (Å²) in [5, 5.41) is 0. The van der Waals surface area contributed by atoms with Gasteiger partial charge in [-0.15, -0.1) is 0 Å². The average molecular weight is 395 g/mol. The first kappa shape index (κ1) is 18.8. The van der Waals surface area contributed by atoms with Gasteiger partial charge in [0.1, 0.15) is 6.61 Å². The predicted molar refractivity (Wildman–Crippen MR) is 103 cm³/mol. The number of hydrazine groups is 1. The summed E-state index contributed by atoms with van der Waals surface area (Å²) in [7, 11) is 0. The molecule has 8 nitrogen and oxygen atoms in total. The minimum Gasteiger partial charge on any atom is -0.485 e. The van der Waals surface area contributed by atoms with Gasteiger partial charge in [0, 0.05) is 19.5 Å². The van der Waals surface area contributed by atoms with Crippen LogP contribution in [0.1, 0.15) is 12.0 Å². The van der Waals surface area contributed by atoms with E-state index < -0.39 is 23.8 Å².